The molecule has 2 atom stereocenters. The van der Waals surface area contributed by atoms with Gasteiger partial charge in [0.25, 0.3) is 12.3 Å². The van der Waals surface area contributed by atoms with Crippen LogP contribution < -0.4 is 4.74 Å². The van der Waals surface area contributed by atoms with Gasteiger partial charge in [-0.05, 0) is 52.8 Å². The minimum Gasteiger partial charge on any atom is -0.496 e. The van der Waals surface area contributed by atoms with Crippen molar-refractivity contribution in [1.82, 2.24) is 34.6 Å². The van der Waals surface area contributed by atoms with E-state index in [4.69, 9.17) is 16.3 Å². The monoisotopic (exact) mass is 611 g/mol. The van der Waals surface area contributed by atoms with Crippen molar-refractivity contribution >= 4 is 17.5 Å². The summed E-state index contributed by atoms with van der Waals surface area (Å²) in [7, 11) is 1.65. The van der Waals surface area contributed by atoms with Crippen molar-refractivity contribution in [3.05, 3.63) is 88.0 Å². The molecule has 0 radical (unpaired) electrons. The van der Waals surface area contributed by atoms with E-state index in [0.29, 0.717) is 25.3 Å². The molecule has 9 nitrogen and oxygen atoms in total. The Morgan fingerprint density at radius 1 is 1.09 bits per heavy atom. The molecular formula is C31H36ClF2N7O2. The summed E-state index contributed by atoms with van der Waals surface area (Å²) in [5, 5.41) is 13.5. The van der Waals surface area contributed by atoms with Gasteiger partial charge in [0.2, 0.25) is 0 Å². The van der Waals surface area contributed by atoms with Gasteiger partial charge in [-0.15, -0.1) is 5.10 Å². The molecule has 1 fully saturated rings. The molecule has 1 aliphatic heterocycles. The van der Waals surface area contributed by atoms with Gasteiger partial charge in [0.15, 0.2) is 0 Å². The highest BCUT2D eigenvalue weighted by molar-refractivity contribution is 6.32. The molecule has 12 heteroatoms. The van der Waals surface area contributed by atoms with Crippen LogP contribution in [0.2, 0.25) is 5.02 Å². The summed E-state index contributed by atoms with van der Waals surface area (Å²) in [6, 6.07) is 14.3. The molecule has 4 aromatic rings. The molecule has 2 aromatic carbocycles. The molecule has 0 N–H and O–H groups in total. The van der Waals surface area contributed by atoms with Crippen molar-refractivity contribution in [3.63, 3.8) is 0 Å². The molecule has 3 heterocycles. The number of methoxy groups -OCH3 is 1. The summed E-state index contributed by atoms with van der Waals surface area (Å²) in [5.41, 5.74) is 1.27. The highest BCUT2D eigenvalue weighted by Crippen LogP contribution is 2.34. The van der Waals surface area contributed by atoms with Crippen molar-refractivity contribution in [1.29, 1.82) is 0 Å². The number of para-hydroxylation sites is 2. The second-order valence-corrected chi connectivity index (χ2v) is 11.9. The van der Waals surface area contributed by atoms with Crippen LogP contribution in [0.25, 0.3) is 5.69 Å². The molecule has 0 unspecified atom stereocenters. The highest BCUT2D eigenvalue weighted by Gasteiger charge is 2.37. The van der Waals surface area contributed by atoms with Crippen LogP contribution in [-0.2, 0) is 12.1 Å². The maximum absolute atomic E-state index is 14.4. The summed E-state index contributed by atoms with van der Waals surface area (Å²) >= 11 is 6.29. The van der Waals surface area contributed by atoms with E-state index in [2.05, 4.69) is 34.2 Å². The number of amides is 1. The lowest BCUT2D eigenvalue weighted by Crippen LogP contribution is -2.57. The topological polar surface area (TPSA) is 81.3 Å². The highest BCUT2D eigenvalue weighted by atomic mass is 35.5. The number of hydrogen-bond acceptors (Lipinski definition) is 6. The van der Waals surface area contributed by atoms with E-state index in [1.54, 1.807) is 43.2 Å². The van der Waals surface area contributed by atoms with E-state index in [1.165, 1.54) is 0 Å². The minimum absolute atomic E-state index is 0.0611. The fourth-order valence-corrected chi connectivity index (χ4v) is 6.13. The summed E-state index contributed by atoms with van der Waals surface area (Å²) in [4.78, 5) is 17.7. The van der Waals surface area contributed by atoms with Crippen LogP contribution in [0.15, 0.2) is 54.7 Å². The second-order valence-electron chi connectivity index (χ2n) is 11.5. The zero-order valence-corrected chi connectivity index (χ0v) is 25.9. The Morgan fingerprint density at radius 3 is 2.40 bits per heavy atom. The lowest BCUT2D eigenvalue weighted by atomic mass is 9.93. The van der Waals surface area contributed by atoms with E-state index in [0.717, 1.165) is 21.7 Å². The van der Waals surface area contributed by atoms with E-state index in [9.17, 15) is 13.6 Å². The van der Waals surface area contributed by atoms with Gasteiger partial charge in [-0.25, -0.2) is 18.1 Å². The summed E-state index contributed by atoms with van der Waals surface area (Å²) in [6.45, 7) is 11.0. The molecule has 5 rings (SSSR count). The minimum atomic E-state index is -2.92. The molecule has 0 spiro atoms. The fraction of sp³-hybridized carbons (Fsp3) is 0.419. The number of benzene rings is 2. The van der Waals surface area contributed by atoms with Gasteiger partial charge in [0, 0.05) is 37.3 Å². The number of alkyl halides is 2. The maximum atomic E-state index is 14.4. The molecule has 0 bridgehead atoms. The van der Waals surface area contributed by atoms with Gasteiger partial charge < -0.3 is 9.64 Å². The number of hydrogen-bond donors (Lipinski definition) is 0. The van der Waals surface area contributed by atoms with Crippen molar-refractivity contribution < 1.29 is 18.3 Å². The smallest absolute Gasteiger partial charge is 0.281 e. The first-order valence-electron chi connectivity index (χ1n) is 14.2. The number of aromatic nitrogens is 5. The average molecular weight is 612 g/mol. The lowest BCUT2D eigenvalue weighted by Gasteiger charge is -2.44. The quantitative estimate of drug-likeness (QED) is 0.247. The Morgan fingerprint density at radius 2 is 1.74 bits per heavy atom. The number of aryl methyl sites for hydroxylation is 1. The SMILES string of the molecule is COc1ccccc1C(C)(C)n1cc(CN2[C@H](C)CN(C(=O)c3c(C)nn(-c4ccccc4Cl)c3C(F)F)C[C@@H]2C)nn1. The largest absolute Gasteiger partial charge is 0.496 e. The number of carbonyl (C=O) groups is 1. The number of rotatable bonds is 8. The first kappa shape index (κ1) is 30.6. The predicted octanol–water partition coefficient (Wildman–Crippen LogP) is 5.89. The molecular weight excluding hydrogens is 576 g/mol. The third-order valence-electron chi connectivity index (χ3n) is 8.21. The zero-order valence-electron chi connectivity index (χ0n) is 25.1. The van der Waals surface area contributed by atoms with Crippen LogP contribution in [0.5, 0.6) is 5.75 Å². The van der Waals surface area contributed by atoms with Crippen LogP contribution >= 0.6 is 11.6 Å². The second kappa shape index (κ2) is 12.0. The van der Waals surface area contributed by atoms with Gasteiger partial charge in [-0.2, -0.15) is 5.10 Å². The number of piperazine rings is 1. The van der Waals surface area contributed by atoms with Crippen LogP contribution in [-0.4, -0.2) is 72.8 Å². The molecule has 0 aliphatic carbocycles. The zero-order chi connectivity index (χ0) is 31.1. The fourth-order valence-electron chi connectivity index (χ4n) is 5.91. The molecule has 43 heavy (non-hydrogen) atoms. The average Bonchev–Trinajstić information content (AvgIpc) is 3.59. The molecule has 2 aromatic heterocycles. The van der Waals surface area contributed by atoms with Crippen molar-refractivity contribution in [3.8, 4) is 11.4 Å². The van der Waals surface area contributed by atoms with E-state index < -0.39 is 23.6 Å². The maximum Gasteiger partial charge on any atom is 0.281 e. The first-order chi connectivity index (χ1) is 20.4. The van der Waals surface area contributed by atoms with Crippen LogP contribution in [0, 0.1) is 6.92 Å². The number of ether oxygens (including phenoxy) is 1. The summed E-state index contributed by atoms with van der Waals surface area (Å²) in [6.07, 6.45) is -0.986. The van der Waals surface area contributed by atoms with Gasteiger partial charge in [-0.3, -0.25) is 9.69 Å². The van der Waals surface area contributed by atoms with Crippen LogP contribution in [0.3, 0.4) is 0 Å². The molecule has 228 valence electrons. The first-order valence-corrected chi connectivity index (χ1v) is 14.5. The van der Waals surface area contributed by atoms with Gasteiger partial charge in [-0.1, -0.05) is 47.1 Å². The van der Waals surface area contributed by atoms with Gasteiger partial charge in [0.1, 0.15) is 11.4 Å². The molecule has 1 aliphatic rings. The van der Waals surface area contributed by atoms with E-state index in [1.807, 2.05) is 49.0 Å². The Labute approximate surface area is 255 Å². The molecule has 1 amide bonds. The Kier molecular flexibility index (Phi) is 8.58. The Bertz CT molecular complexity index is 1610. The van der Waals surface area contributed by atoms with E-state index in [-0.39, 0.29) is 28.4 Å². The number of nitrogens with zero attached hydrogens (tertiary/aromatic N) is 7. The summed E-state index contributed by atoms with van der Waals surface area (Å²) in [5.74, 6) is 0.309. The van der Waals surface area contributed by atoms with Crippen molar-refractivity contribution in [2.45, 2.75) is 65.2 Å². The Hall–Kier alpha value is -3.83. The Balaban J connectivity index is 1.34. The van der Waals surface area contributed by atoms with Crippen molar-refractivity contribution in [2.75, 3.05) is 20.2 Å². The van der Waals surface area contributed by atoms with Crippen LogP contribution in [0.1, 0.15) is 67.1 Å². The van der Waals surface area contributed by atoms with Crippen LogP contribution in [0.4, 0.5) is 8.78 Å². The number of carbonyl (C=O) groups excluding carboxylic acids is 1. The normalized spacial score (nSPS) is 18.0. The standard InChI is InChI=1S/C31H36ClF2N7O2/c1-19-15-38(30(42)27-21(3)36-41(28(27)29(33)34)25-13-9-8-12-24(25)32)16-20(2)39(19)17-22-18-40(37-35-22)31(4,5)23-11-7-10-14-26(23)43-6/h7-14,18-20,29H,15-17H2,1-6H3/t19-,20+. The molecule has 1 saturated heterocycles. The lowest BCUT2D eigenvalue weighted by molar-refractivity contribution is 0.0258. The van der Waals surface area contributed by atoms with Gasteiger partial charge in [0.05, 0.1) is 46.5 Å². The third kappa shape index (κ3) is 5.75. The predicted molar refractivity (Wildman–Crippen MR) is 160 cm³/mol. The van der Waals surface area contributed by atoms with Gasteiger partial charge >= 0.3 is 0 Å². The van der Waals surface area contributed by atoms with E-state index >= 15 is 0 Å². The van der Waals surface area contributed by atoms with Crippen molar-refractivity contribution in [2.24, 2.45) is 0 Å². The molecule has 0 saturated carbocycles. The summed E-state index contributed by atoms with van der Waals surface area (Å²) < 4.78 is 37.4. The number of halogens is 3. The third-order valence-corrected chi connectivity index (χ3v) is 8.53.